The van der Waals surface area contributed by atoms with Crippen molar-refractivity contribution in [1.82, 2.24) is 4.90 Å². The Bertz CT molecular complexity index is 294. The minimum atomic E-state index is -4.67. The van der Waals surface area contributed by atoms with Crippen LogP contribution in [0.15, 0.2) is 0 Å². The lowest BCUT2D eigenvalue weighted by molar-refractivity contribution is -0.227. The van der Waals surface area contributed by atoms with Gasteiger partial charge in [0.25, 0.3) is 0 Å². The maximum atomic E-state index is 12.9. The van der Waals surface area contributed by atoms with E-state index in [1.807, 2.05) is 0 Å². The molecule has 0 aliphatic carbocycles. The number of nitrogens with zero attached hydrogens (tertiary/aromatic N) is 1. The second kappa shape index (κ2) is 5.91. The molecule has 0 amide bonds. The summed E-state index contributed by atoms with van der Waals surface area (Å²) < 4.78 is 38.6. The van der Waals surface area contributed by atoms with Crippen molar-refractivity contribution in [2.24, 2.45) is 5.41 Å². The van der Waals surface area contributed by atoms with Gasteiger partial charge in [0.15, 0.2) is 5.41 Å². The van der Waals surface area contributed by atoms with E-state index in [0.29, 0.717) is 6.54 Å². The summed E-state index contributed by atoms with van der Waals surface area (Å²) in [6.45, 7) is 2.44. The molecule has 1 heterocycles. The average molecular weight is 267 g/mol. The first kappa shape index (κ1) is 15.3. The Kier molecular flexibility index (Phi) is 5.01. The second-order valence-electron chi connectivity index (χ2n) is 4.97. The largest absolute Gasteiger partial charge is 0.481 e. The normalized spacial score (nSPS) is 25.6. The van der Waals surface area contributed by atoms with Crippen LogP contribution in [0.25, 0.3) is 0 Å². The molecule has 18 heavy (non-hydrogen) atoms. The molecule has 1 fully saturated rings. The zero-order valence-corrected chi connectivity index (χ0v) is 10.6. The van der Waals surface area contributed by atoms with E-state index in [2.05, 4.69) is 6.92 Å². The molecule has 0 radical (unpaired) electrons. The Morgan fingerprint density at radius 1 is 1.33 bits per heavy atom. The van der Waals surface area contributed by atoms with Crippen LogP contribution in [0.2, 0.25) is 0 Å². The number of halogens is 3. The third-order valence-electron chi connectivity index (χ3n) is 3.63. The summed E-state index contributed by atoms with van der Waals surface area (Å²) in [4.78, 5) is 12.6. The predicted octanol–water partition coefficient (Wildman–Crippen LogP) is 2.91. The number of aliphatic carboxylic acids is 1. The van der Waals surface area contributed by atoms with Gasteiger partial charge in [-0.2, -0.15) is 13.2 Å². The lowest BCUT2D eigenvalue weighted by Gasteiger charge is -2.27. The lowest BCUT2D eigenvalue weighted by Crippen LogP contribution is -2.47. The molecule has 0 spiro atoms. The predicted molar refractivity (Wildman–Crippen MR) is 61.3 cm³/mol. The first-order chi connectivity index (χ1) is 8.33. The van der Waals surface area contributed by atoms with Crippen LogP contribution in [0.4, 0.5) is 13.2 Å². The van der Waals surface area contributed by atoms with Crippen molar-refractivity contribution in [3.63, 3.8) is 0 Å². The fraction of sp³-hybridized carbons (Fsp3) is 0.917. The van der Waals surface area contributed by atoms with E-state index in [1.54, 1.807) is 4.90 Å². The van der Waals surface area contributed by atoms with Crippen LogP contribution in [0.3, 0.4) is 0 Å². The van der Waals surface area contributed by atoms with E-state index in [4.69, 9.17) is 5.11 Å². The van der Waals surface area contributed by atoms with Crippen molar-refractivity contribution in [3.05, 3.63) is 0 Å². The highest BCUT2D eigenvalue weighted by Gasteiger charge is 2.63. The molecule has 1 unspecified atom stereocenters. The van der Waals surface area contributed by atoms with Crippen LogP contribution in [-0.2, 0) is 4.79 Å². The smallest absolute Gasteiger partial charge is 0.406 e. The maximum absolute atomic E-state index is 12.9. The number of hydrogen-bond donors (Lipinski definition) is 1. The summed E-state index contributed by atoms with van der Waals surface area (Å²) in [5.74, 6) is -1.74. The van der Waals surface area contributed by atoms with Gasteiger partial charge in [-0.25, -0.2) is 0 Å². The Labute approximate surface area is 105 Å². The number of unbranched alkanes of at least 4 members (excludes halogenated alkanes) is 3. The Morgan fingerprint density at radius 3 is 2.44 bits per heavy atom. The van der Waals surface area contributed by atoms with E-state index in [-0.39, 0.29) is 13.0 Å². The van der Waals surface area contributed by atoms with Gasteiger partial charge >= 0.3 is 12.1 Å². The number of alkyl halides is 3. The van der Waals surface area contributed by atoms with Crippen molar-refractivity contribution in [2.75, 3.05) is 19.6 Å². The molecule has 1 aliphatic rings. The SMILES string of the molecule is CCCCCCN1CCC(C(=O)O)(C(F)(F)F)C1. The molecule has 0 aromatic rings. The van der Waals surface area contributed by atoms with Crippen molar-refractivity contribution < 1.29 is 23.1 Å². The van der Waals surface area contributed by atoms with Gasteiger partial charge in [0.1, 0.15) is 0 Å². The molecule has 0 saturated carbocycles. The van der Waals surface area contributed by atoms with Crippen LogP contribution in [-0.4, -0.2) is 41.8 Å². The number of rotatable bonds is 6. The van der Waals surface area contributed by atoms with Gasteiger partial charge in [0.05, 0.1) is 0 Å². The van der Waals surface area contributed by atoms with E-state index in [0.717, 1.165) is 25.7 Å². The van der Waals surface area contributed by atoms with E-state index < -0.39 is 24.1 Å². The molecule has 0 bridgehead atoms. The van der Waals surface area contributed by atoms with Crippen molar-refractivity contribution >= 4 is 5.97 Å². The third kappa shape index (κ3) is 3.16. The van der Waals surface area contributed by atoms with Gasteiger partial charge in [-0.3, -0.25) is 4.79 Å². The van der Waals surface area contributed by atoms with E-state index in [1.165, 1.54) is 0 Å². The summed E-state index contributed by atoms with van der Waals surface area (Å²) in [5, 5.41) is 8.88. The van der Waals surface area contributed by atoms with E-state index >= 15 is 0 Å². The number of carboxylic acids is 1. The van der Waals surface area contributed by atoms with Crippen molar-refractivity contribution in [1.29, 1.82) is 0 Å². The monoisotopic (exact) mass is 267 g/mol. The molecule has 3 nitrogen and oxygen atoms in total. The molecule has 106 valence electrons. The minimum Gasteiger partial charge on any atom is -0.481 e. The number of carboxylic acid groups (broad SMARTS) is 1. The zero-order valence-electron chi connectivity index (χ0n) is 10.6. The standard InChI is InChI=1S/C12H20F3NO2/c1-2-3-4-5-7-16-8-6-11(9-16,10(17)18)12(13,14)15/h2-9H2,1H3,(H,17,18). The highest BCUT2D eigenvalue weighted by molar-refractivity contribution is 5.76. The van der Waals surface area contributed by atoms with Crippen LogP contribution in [0.1, 0.15) is 39.0 Å². The molecule has 1 atom stereocenters. The first-order valence-electron chi connectivity index (χ1n) is 6.36. The molecular weight excluding hydrogens is 247 g/mol. The first-order valence-corrected chi connectivity index (χ1v) is 6.36. The molecule has 0 aromatic heterocycles. The molecule has 1 aliphatic heterocycles. The molecule has 0 aromatic carbocycles. The molecule has 1 rings (SSSR count). The summed E-state index contributed by atoms with van der Waals surface area (Å²) in [5.41, 5.74) is -2.56. The van der Waals surface area contributed by atoms with Crippen LogP contribution in [0, 0.1) is 5.41 Å². The Morgan fingerprint density at radius 2 is 2.00 bits per heavy atom. The van der Waals surface area contributed by atoms with Gasteiger partial charge in [-0.15, -0.1) is 0 Å². The van der Waals surface area contributed by atoms with Gasteiger partial charge in [-0.05, 0) is 25.9 Å². The zero-order chi connectivity index (χ0) is 13.8. The number of likely N-dealkylation sites (tertiary alicyclic amines) is 1. The number of carbonyl (C=O) groups is 1. The maximum Gasteiger partial charge on any atom is 0.406 e. The van der Waals surface area contributed by atoms with E-state index in [9.17, 15) is 18.0 Å². The Balaban J connectivity index is 2.54. The van der Waals surface area contributed by atoms with Crippen LogP contribution >= 0.6 is 0 Å². The molecule has 6 heteroatoms. The second-order valence-corrected chi connectivity index (χ2v) is 4.97. The lowest BCUT2D eigenvalue weighted by atomic mass is 9.86. The summed E-state index contributed by atoms with van der Waals surface area (Å²) in [7, 11) is 0. The summed E-state index contributed by atoms with van der Waals surface area (Å²) >= 11 is 0. The average Bonchev–Trinajstić information content (AvgIpc) is 2.69. The van der Waals surface area contributed by atoms with Crippen molar-refractivity contribution in [3.8, 4) is 0 Å². The summed E-state index contributed by atoms with van der Waals surface area (Å²) in [6.07, 6.45) is -1.05. The van der Waals surface area contributed by atoms with Crippen LogP contribution < -0.4 is 0 Å². The highest BCUT2D eigenvalue weighted by Crippen LogP contribution is 2.45. The van der Waals surface area contributed by atoms with Gasteiger partial charge < -0.3 is 10.0 Å². The fourth-order valence-electron chi connectivity index (χ4n) is 2.37. The number of hydrogen-bond acceptors (Lipinski definition) is 2. The molecular formula is C12H20F3NO2. The molecule has 1 saturated heterocycles. The van der Waals surface area contributed by atoms with Gasteiger partial charge in [0, 0.05) is 6.54 Å². The third-order valence-corrected chi connectivity index (χ3v) is 3.63. The topological polar surface area (TPSA) is 40.5 Å². The summed E-state index contributed by atoms with van der Waals surface area (Å²) in [6, 6.07) is 0. The Hall–Kier alpha value is -0.780. The van der Waals surface area contributed by atoms with Gasteiger partial charge in [-0.1, -0.05) is 26.2 Å². The van der Waals surface area contributed by atoms with Gasteiger partial charge in [0.2, 0.25) is 0 Å². The van der Waals surface area contributed by atoms with Crippen molar-refractivity contribution in [2.45, 2.75) is 45.2 Å². The van der Waals surface area contributed by atoms with Crippen LogP contribution in [0.5, 0.6) is 0 Å². The fourth-order valence-corrected chi connectivity index (χ4v) is 2.37. The minimum absolute atomic E-state index is 0.220. The highest BCUT2D eigenvalue weighted by atomic mass is 19.4. The quantitative estimate of drug-likeness (QED) is 0.752. The molecule has 1 N–H and O–H groups in total.